The summed E-state index contributed by atoms with van der Waals surface area (Å²) in [6, 6.07) is 0. The largest absolute Gasteiger partial charge is 0.460 e. The average Bonchev–Trinajstić information content (AvgIpc) is 2.57. The van der Waals surface area contributed by atoms with Crippen LogP contribution in [0.1, 0.15) is 32.6 Å². The third-order valence-electron chi connectivity index (χ3n) is 2.90. The first-order valence-electron chi connectivity index (χ1n) is 8.41. The highest BCUT2D eigenvalue weighted by Crippen LogP contribution is 1.98. The first-order valence-corrected chi connectivity index (χ1v) is 8.41. The van der Waals surface area contributed by atoms with Gasteiger partial charge in [-0.1, -0.05) is 32.8 Å². The first-order chi connectivity index (χ1) is 11.3. The summed E-state index contributed by atoms with van der Waals surface area (Å²) in [7, 11) is 0. The maximum absolute atomic E-state index is 10.7. The maximum atomic E-state index is 10.7. The Balaban J connectivity index is 3.00. The summed E-state index contributed by atoms with van der Waals surface area (Å²) in [6.45, 7) is 10.2. The monoisotopic (exact) mass is 332 g/mol. The topological polar surface area (TPSA) is 63.2 Å². The van der Waals surface area contributed by atoms with Gasteiger partial charge in [0.05, 0.1) is 46.2 Å². The van der Waals surface area contributed by atoms with Gasteiger partial charge in [-0.05, 0) is 6.42 Å². The SMILES string of the molecule is C=CC(=O)OCCOCCOCCOCCOCCCCCC. The van der Waals surface area contributed by atoms with Crippen molar-refractivity contribution in [3.8, 4) is 0 Å². The van der Waals surface area contributed by atoms with Crippen LogP contribution in [-0.2, 0) is 28.5 Å². The molecule has 0 saturated heterocycles. The van der Waals surface area contributed by atoms with E-state index in [0.717, 1.165) is 19.1 Å². The molecule has 0 aliphatic heterocycles. The van der Waals surface area contributed by atoms with Crippen LogP contribution in [0.4, 0.5) is 0 Å². The van der Waals surface area contributed by atoms with Crippen LogP contribution >= 0.6 is 0 Å². The van der Waals surface area contributed by atoms with E-state index in [1.807, 2.05) is 0 Å². The van der Waals surface area contributed by atoms with Crippen molar-refractivity contribution in [3.63, 3.8) is 0 Å². The van der Waals surface area contributed by atoms with Crippen molar-refractivity contribution in [1.82, 2.24) is 0 Å². The second-order valence-corrected chi connectivity index (χ2v) is 4.88. The van der Waals surface area contributed by atoms with E-state index in [9.17, 15) is 4.79 Å². The molecule has 6 nitrogen and oxygen atoms in total. The minimum absolute atomic E-state index is 0.229. The van der Waals surface area contributed by atoms with Gasteiger partial charge >= 0.3 is 5.97 Å². The minimum Gasteiger partial charge on any atom is -0.460 e. The third-order valence-corrected chi connectivity index (χ3v) is 2.90. The van der Waals surface area contributed by atoms with Gasteiger partial charge in [0.15, 0.2) is 0 Å². The average molecular weight is 332 g/mol. The van der Waals surface area contributed by atoms with E-state index in [1.54, 1.807) is 0 Å². The molecule has 0 spiro atoms. The second kappa shape index (κ2) is 19.1. The molecule has 0 aliphatic rings. The highest BCUT2D eigenvalue weighted by Gasteiger charge is 1.95. The zero-order chi connectivity index (χ0) is 17.0. The Kier molecular flexibility index (Phi) is 18.3. The lowest BCUT2D eigenvalue weighted by atomic mass is 10.2. The Bertz CT molecular complexity index is 270. The normalized spacial score (nSPS) is 10.7. The molecule has 0 amide bonds. The lowest BCUT2D eigenvalue weighted by molar-refractivity contribution is -0.139. The van der Waals surface area contributed by atoms with Crippen molar-refractivity contribution in [1.29, 1.82) is 0 Å². The summed E-state index contributed by atoms with van der Waals surface area (Å²) in [6.07, 6.45) is 6.02. The number of ether oxygens (including phenoxy) is 5. The number of hydrogen-bond donors (Lipinski definition) is 0. The molecule has 0 heterocycles. The van der Waals surface area contributed by atoms with Gasteiger partial charge in [0.25, 0.3) is 0 Å². The summed E-state index contributed by atoms with van der Waals surface area (Å²) in [5, 5.41) is 0. The van der Waals surface area contributed by atoms with E-state index >= 15 is 0 Å². The van der Waals surface area contributed by atoms with Crippen LogP contribution in [0.25, 0.3) is 0 Å². The van der Waals surface area contributed by atoms with Crippen LogP contribution in [0.5, 0.6) is 0 Å². The number of rotatable bonds is 18. The van der Waals surface area contributed by atoms with Gasteiger partial charge in [-0.2, -0.15) is 0 Å². The molecule has 6 heteroatoms. The molecule has 0 aromatic carbocycles. The quantitative estimate of drug-likeness (QED) is 0.218. The first kappa shape index (κ1) is 22.1. The van der Waals surface area contributed by atoms with Crippen molar-refractivity contribution >= 4 is 5.97 Å². The smallest absolute Gasteiger partial charge is 0.330 e. The molecular weight excluding hydrogens is 300 g/mol. The van der Waals surface area contributed by atoms with E-state index in [1.165, 1.54) is 19.3 Å². The Hall–Kier alpha value is -0.950. The summed E-state index contributed by atoms with van der Waals surface area (Å²) in [5.74, 6) is -0.438. The fourth-order valence-corrected chi connectivity index (χ4v) is 1.65. The number of hydrogen-bond acceptors (Lipinski definition) is 6. The maximum Gasteiger partial charge on any atom is 0.330 e. The summed E-state index contributed by atoms with van der Waals surface area (Å²) in [4.78, 5) is 10.7. The Morgan fingerprint density at radius 1 is 0.739 bits per heavy atom. The van der Waals surface area contributed by atoms with Crippen molar-refractivity contribution < 1.29 is 28.5 Å². The minimum atomic E-state index is -0.438. The van der Waals surface area contributed by atoms with Gasteiger partial charge in [-0.3, -0.25) is 0 Å². The Morgan fingerprint density at radius 2 is 1.22 bits per heavy atom. The van der Waals surface area contributed by atoms with Crippen molar-refractivity contribution in [2.45, 2.75) is 32.6 Å². The predicted molar refractivity (Wildman–Crippen MR) is 88.6 cm³/mol. The van der Waals surface area contributed by atoms with Crippen molar-refractivity contribution in [2.24, 2.45) is 0 Å². The number of carbonyl (C=O) groups excluding carboxylic acids is 1. The molecule has 0 rings (SSSR count). The molecule has 136 valence electrons. The van der Waals surface area contributed by atoms with Crippen LogP contribution in [0.2, 0.25) is 0 Å². The van der Waals surface area contributed by atoms with Crippen molar-refractivity contribution in [3.05, 3.63) is 12.7 Å². The van der Waals surface area contributed by atoms with Crippen LogP contribution in [0.3, 0.4) is 0 Å². The van der Waals surface area contributed by atoms with Crippen LogP contribution in [0.15, 0.2) is 12.7 Å². The van der Waals surface area contributed by atoms with Crippen LogP contribution < -0.4 is 0 Å². The lowest BCUT2D eigenvalue weighted by Gasteiger charge is -2.07. The molecule has 0 aliphatic carbocycles. The summed E-state index contributed by atoms with van der Waals surface area (Å²) in [5.41, 5.74) is 0. The highest BCUT2D eigenvalue weighted by molar-refractivity contribution is 5.81. The van der Waals surface area contributed by atoms with Gasteiger partial charge in [0, 0.05) is 12.7 Å². The molecule has 0 fully saturated rings. The molecule has 0 aromatic rings. The van der Waals surface area contributed by atoms with E-state index in [-0.39, 0.29) is 6.61 Å². The van der Waals surface area contributed by atoms with Gasteiger partial charge in [-0.25, -0.2) is 4.79 Å². The number of esters is 1. The molecule has 0 atom stereocenters. The molecular formula is C17H32O6. The fraction of sp³-hybridized carbons (Fsp3) is 0.824. The molecule has 0 unspecified atom stereocenters. The summed E-state index contributed by atoms with van der Waals surface area (Å²) < 4.78 is 26.2. The van der Waals surface area contributed by atoms with Crippen molar-refractivity contribution in [2.75, 3.05) is 59.5 Å². The lowest BCUT2D eigenvalue weighted by Crippen LogP contribution is -2.14. The Morgan fingerprint density at radius 3 is 1.70 bits per heavy atom. The van der Waals surface area contributed by atoms with Gasteiger partial charge in [0.2, 0.25) is 0 Å². The highest BCUT2D eigenvalue weighted by atomic mass is 16.6. The van der Waals surface area contributed by atoms with Crippen LogP contribution in [0, 0.1) is 0 Å². The second-order valence-electron chi connectivity index (χ2n) is 4.88. The van der Waals surface area contributed by atoms with E-state index in [2.05, 4.69) is 13.5 Å². The molecule has 0 N–H and O–H groups in total. The van der Waals surface area contributed by atoms with E-state index < -0.39 is 5.97 Å². The standard InChI is InChI=1S/C17H32O6/c1-3-5-6-7-8-19-9-10-20-11-12-21-13-14-22-15-16-23-17(18)4-2/h4H,2-3,5-16H2,1H3. The molecule has 0 saturated carbocycles. The number of carbonyl (C=O) groups is 1. The fourth-order valence-electron chi connectivity index (χ4n) is 1.65. The Labute approximate surface area is 140 Å². The zero-order valence-corrected chi connectivity index (χ0v) is 14.4. The molecule has 0 bridgehead atoms. The molecule has 0 radical (unpaired) electrons. The number of unbranched alkanes of at least 4 members (excludes halogenated alkanes) is 3. The van der Waals surface area contributed by atoms with Gasteiger partial charge in [-0.15, -0.1) is 0 Å². The van der Waals surface area contributed by atoms with Gasteiger partial charge in [0.1, 0.15) is 6.61 Å². The van der Waals surface area contributed by atoms with E-state index in [0.29, 0.717) is 46.2 Å². The zero-order valence-electron chi connectivity index (χ0n) is 14.4. The van der Waals surface area contributed by atoms with Gasteiger partial charge < -0.3 is 23.7 Å². The summed E-state index contributed by atoms with van der Waals surface area (Å²) >= 11 is 0. The van der Waals surface area contributed by atoms with Crippen LogP contribution in [-0.4, -0.2) is 65.4 Å². The predicted octanol–water partition coefficient (Wildman–Crippen LogP) is 2.36. The van der Waals surface area contributed by atoms with E-state index in [4.69, 9.17) is 23.7 Å². The molecule has 23 heavy (non-hydrogen) atoms. The molecule has 0 aromatic heterocycles. The third kappa shape index (κ3) is 19.0.